The van der Waals surface area contributed by atoms with Crippen LogP contribution in [0.15, 0.2) is 24.4 Å². The first-order valence-electron chi connectivity index (χ1n) is 4.61. The molecule has 3 nitrogen and oxygen atoms in total. The van der Waals surface area contributed by atoms with E-state index in [9.17, 15) is 0 Å². The zero-order chi connectivity index (χ0) is 9.54. The molecule has 70 valence electrons. The van der Waals surface area contributed by atoms with E-state index in [1.807, 2.05) is 10.7 Å². The molecular weight excluding hydrogens is 194 g/mol. The van der Waals surface area contributed by atoms with Crippen LogP contribution in [0.2, 0.25) is 0 Å². The molecule has 0 bridgehead atoms. The normalized spacial score (nSPS) is 11.5. The Balaban J connectivity index is 2.54. The Bertz CT molecular complexity index is 593. The SMILES string of the molecule is CCc1cccc2c1sc1cnnn12. The Morgan fingerprint density at radius 1 is 1.43 bits per heavy atom. The van der Waals surface area contributed by atoms with Crippen molar-refractivity contribution in [3.05, 3.63) is 30.0 Å². The minimum Gasteiger partial charge on any atom is -0.202 e. The van der Waals surface area contributed by atoms with Gasteiger partial charge < -0.3 is 0 Å². The molecule has 0 saturated carbocycles. The second kappa shape index (κ2) is 2.78. The van der Waals surface area contributed by atoms with Crippen molar-refractivity contribution in [1.29, 1.82) is 0 Å². The summed E-state index contributed by atoms with van der Waals surface area (Å²) in [6.07, 6.45) is 2.87. The molecule has 0 radical (unpaired) electrons. The molecule has 0 fully saturated rings. The molecule has 0 spiro atoms. The van der Waals surface area contributed by atoms with Gasteiger partial charge in [0.2, 0.25) is 0 Å². The summed E-state index contributed by atoms with van der Waals surface area (Å²) in [6, 6.07) is 6.34. The molecule has 0 aliphatic heterocycles. The molecule has 2 heterocycles. The average Bonchev–Trinajstić information content (AvgIpc) is 2.76. The molecule has 0 amide bonds. The number of hydrogen-bond acceptors (Lipinski definition) is 3. The lowest BCUT2D eigenvalue weighted by atomic mass is 10.2. The van der Waals surface area contributed by atoms with Gasteiger partial charge in [0.1, 0.15) is 4.83 Å². The summed E-state index contributed by atoms with van der Waals surface area (Å²) in [4.78, 5) is 1.11. The van der Waals surface area contributed by atoms with Crippen LogP contribution in [0.1, 0.15) is 12.5 Å². The van der Waals surface area contributed by atoms with Crippen LogP contribution in [0, 0.1) is 0 Å². The van der Waals surface area contributed by atoms with Crippen molar-refractivity contribution in [3.8, 4) is 0 Å². The molecule has 0 aliphatic rings. The summed E-state index contributed by atoms with van der Waals surface area (Å²) >= 11 is 1.76. The number of thiazole rings is 1. The average molecular weight is 203 g/mol. The highest BCUT2D eigenvalue weighted by atomic mass is 32.1. The first kappa shape index (κ1) is 7.94. The molecule has 1 aromatic carbocycles. The van der Waals surface area contributed by atoms with E-state index in [0.29, 0.717) is 0 Å². The lowest BCUT2D eigenvalue weighted by Crippen LogP contribution is -1.85. The number of benzene rings is 1. The highest BCUT2D eigenvalue weighted by Crippen LogP contribution is 2.28. The van der Waals surface area contributed by atoms with Gasteiger partial charge in [0.25, 0.3) is 0 Å². The van der Waals surface area contributed by atoms with Crippen LogP contribution in [0.3, 0.4) is 0 Å². The van der Waals surface area contributed by atoms with Gasteiger partial charge in [0.05, 0.1) is 16.4 Å². The molecule has 0 saturated heterocycles. The smallest absolute Gasteiger partial charge is 0.140 e. The predicted molar refractivity (Wildman–Crippen MR) is 57.7 cm³/mol. The van der Waals surface area contributed by atoms with Gasteiger partial charge in [0, 0.05) is 0 Å². The number of aromatic nitrogens is 3. The highest BCUT2D eigenvalue weighted by Gasteiger charge is 2.07. The first-order valence-corrected chi connectivity index (χ1v) is 5.42. The molecule has 2 aromatic heterocycles. The zero-order valence-corrected chi connectivity index (χ0v) is 8.58. The van der Waals surface area contributed by atoms with Crippen LogP contribution in [0.25, 0.3) is 15.0 Å². The van der Waals surface area contributed by atoms with Crippen molar-refractivity contribution < 1.29 is 0 Å². The highest BCUT2D eigenvalue weighted by molar-refractivity contribution is 7.24. The van der Waals surface area contributed by atoms with Crippen LogP contribution in [-0.2, 0) is 6.42 Å². The number of fused-ring (bicyclic) bond motifs is 3. The van der Waals surface area contributed by atoms with Crippen LogP contribution < -0.4 is 0 Å². The van der Waals surface area contributed by atoms with Crippen LogP contribution in [0.4, 0.5) is 0 Å². The summed E-state index contributed by atoms with van der Waals surface area (Å²) in [7, 11) is 0. The fourth-order valence-corrected chi connectivity index (χ4v) is 2.83. The van der Waals surface area contributed by atoms with Crippen LogP contribution >= 0.6 is 11.3 Å². The minimum absolute atomic E-state index is 1.06. The molecule has 4 heteroatoms. The van der Waals surface area contributed by atoms with Crippen LogP contribution in [-0.4, -0.2) is 14.8 Å². The van der Waals surface area contributed by atoms with E-state index in [0.717, 1.165) is 11.3 Å². The van der Waals surface area contributed by atoms with Crippen molar-refractivity contribution in [2.24, 2.45) is 0 Å². The summed E-state index contributed by atoms with van der Waals surface area (Å²) in [6.45, 7) is 2.18. The minimum atomic E-state index is 1.06. The third kappa shape index (κ3) is 0.915. The largest absolute Gasteiger partial charge is 0.202 e. The van der Waals surface area contributed by atoms with Crippen molar-refractivity contribution in [2.75, 3.05) is 0 Å². The summed E-state index contributed by atoms with van der Waals surface area (Å²) in [5.74, 6) is 0. The van der Waals surface area contributed by atoms with Gasteiger partial charge in [-0.05, 0) is 18.1 Å². The van der Waals surface area contributed by atoms with E-state index in [2.05, 4.69) is 35.4 Å². The van der Waals surface area contributed by atoms with Crippen molar-refractivity contribution in [1.82, 2.24) is 14.8 Å². The van der Waals surface area contributed by atoms with Gasteiger partial charge in [-0.2, -0.15) is 0 Å². The maximum atomic E-state index is 4.06. The monoisotopic (exact) mass is 203 g/mol. The van der Waals surface area contributed by atoms with Gasteiger partial charge in [-0.1, -0.05) is 24.3 Å². The number of rotatable bonds is 1. The van der Waals surface area contributed by atoms with E-state index in [4.69, 9.17) is 0 Å². The second-order valence-electron chi connectivity index (χ2n) is 3.21. The van der Waals surface area contributed by atoms with E-state index in [1.165, 1.54) is 15.8 Å². The molecular formula is C10H9N3S. The quantitative estimate of drug-likeness (QED) is 0.608. The predicted octanol–water partition coefficient (Wildman–Crippen LogP) is 2.51. The van der Waals surface area contributed by atoms with Gasteiger partial charge in [-0.15, -0.1) is 16.4 Å². The molecule has 3 rings (SSSR count). The Hall–Kier alpha value is -1.42. The van der Waals surface area contributed by atoms with Crippen molar-refractivity contribution >= 4 is 26.4 Å². The van der Waals surface area contributed by atoms with E-state index < -0.39 is 0 Å². The first-order chi connectivity index (χ1) is 6.90. The molecule has 0 atom stereocenters. The molecule has 3 aromatic rings. The summed E-state index contributed by atoms with van der Waals surface area (Å²) < 4.78 is 3.24. The number of nitrogens with zero attached hydrogens (tertiary/aromatic N) is 3. The van der Waals surface area contributed by atoms with Crippen molar-refractivity contribution in [2.45, 2.75) is 13.3 Å². The number of aryl methyl sites for hydroxylation is 1. The van der Waals surface area contributed by atoms with E-state index in [1.54, 1.807) is 11.3 Å². The fraction of sp³-hybridized carbons (Fsp3) is 0.200. The van der Waals surface area contributed by atoms with Crippen LogP contribution in [0.5, 0.6) is 0 Å². The summed E-state index contributed by atoms with van der Waals surface area (Å²) in [5, 5.41) is 7.95. The Kier molecular flexibility index (Phi) is 1.58. The Morgan fingerprint density at radius 2 is 2.36 bits per heavy atom. The third-order valence-corrected chi connectivity index (χ3v) is 3.57. The van der Waals surface area contributed by atoms with Gasteiger partial charge in [-0.3, -0.25) is 0 Å². The Morgan fingerprint density at radius 3 is 3.21 bits per heavy atom. The second-order valence-corrected chi connectivity index (χ2v) is 4.24. The zero-order valence-electron chi connectivity index (χ0n) is 7.77. The summed E-state index contributed by atoms with van der Waals surface area (Å²) in [5.41, 5.74) is 2.56. The Labute approximate surface area is 85.0 Å². The van der Waals surface area contributed by atoms with E-state index in [-0.39, 0.29) is 0 Å². The fourth-order valence-electron chi connectivity index (χ4n) is 1.70. The lowest BCUT2D eigenvalue weighted by Gasteiger charge is -1.96. The molecule has 14 heavy (non-hydrogen) atoms. The lowest BCUT2D eigenvalue weighted by molar-refractivity contribution is 0.887. The van der Waals surface area contributed by atoms with Gasteiger partial charge in [0.15, 0.2) is 0 Å². The van der Waals surface area contributed by atoms with E-state index >= 15 is 0 Å². The number of hydrogen-bond donors (Lipinski definition) is 0. The maximum absolute atomic E-state index is 4.06. The third-order valence-electron chi connectivity index (χ3n) is 2.41. The topological polar surface area (TPSA) is 30.2 Å². The van der Waals surface area contributed by atoms with Crippen molar-refractivity contribution in [3.63, 3.8) is 0 Å². The standard InChI is InChI=1S/C10H9N3S/c1-2-7-4-3-5-8-10(7)14-9-6-11-12-13(8)9/h3-6H,2H2,1H3. The maximum Gasteiger partial charge on any atom is 0.140 e. The molecule has 0 unspecified atom stereocenters. The van der Waals surface area contributed by atoms with Gasteiger partial charge >= 0.3 is 0 Å². The molecule has 0 aliphatic carbocycles. The molecule has 0 N–H and O–H groups in total. The van der Waals surface area contributed by atoms with Gasteiger partial charge in [-0.25, -0.2) is 4.52 Å².